The van der Waals surface area contributed by atoms with Gasteiger partial charge in [-0.15, -0.1) is 0 Å². The SMILES string of the molecule is COc1ccc2cc(C(=O)NCCCc3nc4ccccc4[nH]3)sc(=O)c2c1OC. The molecule has 1 amide bonds. The molecule has 0 spiro atoms. The van der Waals surface area contributed by atoms with Gasteiger partial charge in [0.1, 0.15) is 5.82 Å². The predicted molar refractivity (Wildman–Crippen MR) is 118 cm³/mol. The van der Waals surface area contributed by atoms with Crippen LogP contribution in [0.1, 0.15) is 21.9 Å². The number of imidazole rings is 1. The van der Waals surface area contributed by atoms with E-state index >= 15 is 0 Å². The van der Waals surface area contributed by atoms with Gasteiger partial charge < -0.3 is 19.8 Å². The van der Waals surface area contributed by atoms with Crippen molar-refractivity contribution in [2.75, 3.05) is 20.8 Å². The van der Waals surface area contributed by atoms with E-state index < -0.39 is 0 Å². The van der Waals surface area contributed by atoms with E-state index in [9.17, 15) is 9.59 Å². The third-order valence-electron chi connectivity index (χ3n) is 4.81. The Bertz CT molecular complexity index is 1250. The van der Waals surface area contributed by atoms with Crippen molar-refractivity contribution < 1.29 is 14.3 Å². The molecular formula is C22H21N3O4S. The molecule has 4 aromatic rings. The fraction of sp³-hybridized carbons (Fsp3) is 0.227. The lowest BCUT2D eigenvalue weighted by Crippen LogP contribution is -2.25. The van der Waals surface area contributed by atoms with Gasteiger partial charge in [0.05, 0.1) is 35.5 Å². The number of carbonyl (C=O) groups is 1. The Labute approximate surface area is 176 Å². The summed E-state index contributed by atoms with van der Waals surface area (Å²) < 4.78 is 10.4. The molecular weight excluding hydrogens is 402 g/mol. The summed E-state index contributed by atoms with van der Waals surface area (Å²) in [4.78, 5) is 33.4. The summed E-state index contributed by atoms with van der Waals surface area (Å²) >= 11 is 0.899. The molecule has 2 aromatic carbocycles. The first kappa shape index (κ1) is 19.9. The van der Waals surface area contributed by atoms with Gasteiger partial charge >= 0.3 is 0 Å². The highest BCUT2D eigenvalue weighted by Crippen LogP contribution is 2.34. The van der Waals surface area contributed by atoms with Gasteiger partial charge in [-0.05, 0) is 36.1 Å². The van der Waals surface area contributed by atoms with Crippen LogP contribution in [-0.2, 0) is 6.42 Å². The monoisotopic (exact) mass is 423 g/mol. The van der Waals surface area contributed by atoms with Crippen LogP contribution < -0.4 is 19.5 Å². The minimum atomic E-state index is -0.265. The van der Waals surface area contributed by atoms with Crippen LogP contribution in [0.25, 0.3) is 21.8 Å². The molecule has 0 unspecified atom stereocenters. The van der Waals surface area contributed by atoms with Crippen molar-refractivity contribution in [2.45, 2.75) is 12.8 Å². The van der Waals surface area contributed by atoms with Crippen molar-refractivity contribution in [1.82, 2.24) is 15.3 Å². The van der Waals surface area contributed by atoms with Gasteiger partial charge in [-0.3, -0.25) is 9.59 Å². The summed E-state index contributed by atoms with van der Waals surface area (Å²) in [5, 5.41) is 3.94. The highest BCUT2D eigenvalue weighted by molar-refractivity contribution is 7.12. The van der Waals surface area contributed by atoms with E-state index in [-0.39, 0.29) is 10.6 Å². The van der Waals surface area contributed by atoms with Crippen molar-refractivity contribution in [2.24, 2.45) is 0 Å². The van der Waals surface area contributed by atoms with Gasteiger partial charge in [-0.1, -0.05) is 29.5 Å². The Morgan fingerprint density at radius 1 is 1.17 bits per heavy atom. The zero-order valence-corrected chi connectivity index (χ0v) is 17.5. The standard InChI is InChI=1S/C22H21N3O4S/c1-28-16-10-9-13-12-17(30-22(27)19(13)20(16)29-2)21(26)23-11-5-8-18-24-14-6-3-4-7-15(14)25-18/h3-4,6-7,9-10,12H,5,8,11H2,1-2H3,(H,23,26)(H,24,25). The number of methoxy groups -OCH3 is 2. The topological polar surface area (TPSA) is 93.3 Å². The number of ether oxygens (including phenoxy) is 2. The zero-order chi connectivity index (χ0) is 21.1. The number of nitrogens with zero attached hydrogens (tertiary/aromatic N) is 1. The first-order valence-electron chi connectivity index (χ1n) is 9.51. The lowest BCUT2D eigenvalue weighted by atomic mass is 10.1. The van der Waals surface area contributed by atoms with E-state index in [2.05, 4.69) is 15.3 Å². The minimum absolute atomic E-state index is 0.240. The second kappa shape index (κ2) is 8.54. The Morgan fingerprint density at radius 3 is 2.77 bits per heavy atom. The quantitative estimate of drug-likeness (QED) is 0.444. The lowest BCUT2D eigenvalue weighted by Gasteiger charge is -2.10. The summed E-state index contributed by atoms with van der Waals surface area (Å²) in [6.45, 7) is 0.487. The summed E-state index contributed by atoms with van der Waals surface area (Å²) in [5.74, 6) is 1.49. The van der Waals surface area contributed by atoms with Crippen LogP contribution in [-0.4, -0.2) is 36.6 Å². The average Bonchev–Trinajstić information content (AvgIpc) is 3.18. The number of aryl methyl sites for hydroxylation is 1. The number of carbonyl (C=O) groups excluding carboxylic acids is 1. The summed E-state index contributed by atoms with van der Waals surface area (Å²) in [6, 6.07) is 13.0. The average molecular weight is 423 g/mol. The molecule has 4 rings (SSSR count). The number of benzene rings is 2. The predicted octanol–water partition coefficient (Wildman–Crippen LogP) is 3.52. The second-order valence-corrected chi connectivity index (χ2v) is 7.74. The number of amides is 1. The van der Waals surface area contributed by atoms with Gasteiger partial charge in [0.2, 0.25) is 4.74 Å². The van der Waals surface area contributed by atoms with Gasteiger partial charge in [-0.2, -0.15) is 0 Å². The number of hydrogen-bond acceptors (Lipinski definition) is 6. The Hall–Kier alpha value is -3.39. The Kier molecular flexibility index (Phi) is 5.67. The first-order chi connectivity index (χ1) is 14.6. The fourth-order valence-electron chi connectivity index (χ4n) is 3.38. The molecule has 0 saturated heterocycles. The molecule has 0 fully saturated rings. The van der Waals surface area contributed by atoms with Gasteiger partial charge in [0.25, 0.3) is 5.91 Å². The maximum absolute atomic E-state index is 12.6. The molecule has 0 aliphatic carbocycles. The van der Waals surface area contributed by atoms with Crippen molar-refractivity contribution in [3.63, 3.8) is 0 Å². The number of fused-ring (bicyclic) bond motifs is 2. The van der Waals surface area contributed by atoms with Crippen LogP contribution in [0.5, 0.6) is 11.5 Å². The number of aromatic amines is 1. The highest BCUT2D eigenvalue weighted by Gasteiger charge is 2.16. The fourth-order valence-corrected chi connectivity index (χ4v) is 4.24. The van der Waals surface area contributed by atoms with Gasteiger partial charge in [-0.25, -0.2) is 4.98 Å². The van der Waals surface area contributed by atoms with Crippen molar-refractivity contribution in [1.29, 1.82) is 0 Å². The third-order valence-corrected chi connectivity index (χ3v) is 5.72. The lowest BCUT2D eigenvalue weighted by molar-refractivity contribution is 0.0957. The molecule has 0 atom stereocenters. The molecule has 0 radical (unpaired) electrons. The number of para-hydroxylation sites is 2. The van der Waals surface area contributed by atoms with E-state index in [1.54, 1.807) is 18.2 Å². The van der Waals surface area contributed by atoms with Crippen molar-refractivity contribution in [3.05, 3.63) is 62.7 Å². The third kappa shape index (κ3) is 3.86. The number of aromatic nitrogens is 2. The first-order valence-corrected chi connectivity index (χ1v) is 10.3. The van der Waals surface area contributed by atoms with E-state index in [0.717, 1.165) is 41.0 Å². The number of H-pyrrole nitrogens is 1. The second-order valence-electron chi connectivity index (χ2n) is 6.72. The molecule has 2 aromatic heterocycles. The van der Waals surface area contributed by atoms with E-state index in [1.165, 1.54) is 14.2 Å². The summed E-state index contributed by atoms with van der Waals surface area (Å²) in [6.07, 6.45) is 1.46. The van der Waals surface area contributed by atoms with Crippen LogP contribution in [0.3, 0.4) is 0 Å². The van der Waals surface area contributed by atoms with Crippen LogP contribution in [0.2, 0.25) is 0 Å². The number of rotatable bonds is 7. The molecule has 30 heavy (non-hydrogen) atoms. The summed E-state index contributed by atoms with van der Waals surface area (Å²) in [7, 11) is 3.01. The molecule has 0 bridgehead atoms. The van der Waals surface area contributed by atoms with E-state index in [0.29, 0.717) is 33.7 Å². The van der Waals surface area contributed by atoms with Crippen molar-refractivity contribution in [3.8, 4) is 11.5 Å². The molecule has 0 saturated carbocycles. The Morgan fingerprint density at radius 2 is 2.00 bits per heavy atom. The van der Waals surface area contributed by atoms with Crippen LogP contribution in [0.15, 0.2) is 47.3 Å². The minimum Gasteiger partial charge on any atom is -0.493 e. The number of nitrogens with one attached hydrogen (secondary N) is 2. The molecule has 2 heterocycles. The molecule has 2 N–H and O–H groups in total. The molecule has 8 heteroatoms. The number of hydrogen-bond donors (Lipinski definition) is 2. The molecule has 7 nitrogen and oxygen atoms in total. The van der Waals surface area contributed by atoms with Crippen LogP contribution >= 0.6 is 11.3 Å². The molecule has 154 valence electrons. The van der Waals surface area contributed by atoms with Crippen molar-refractivity contribution >= 4 is 39.0 Å². The van der Waals surface area contributed by atoms with Crippen LogP contribution in [0, 0.1) is 0 Å². The molecule has 0 aliphatic heterocycles. The normalized spacial score (nSPS) is 11.0. The van der Waals surface area contributed by atoms with Crippen LogP contribution in [0.4, 0.5) is 0 Å². The maximum atomic E-state index is 12.6. The van der Waals surface area contributed by atoms with E-state index in [4.69, 9.17) is 9.47 Å². The summed E-state index contributed by atoms with van der Waals surface area (Å²) in [5.41, 5.74) is 1.94. The highest BCUT2D eigenvalue weighted by atomic mass is 32.1. The maximum Gasteiger partial charge on any atom is 0.261 e. The van der Waals surface area contributed by atoms with Gasteiger partial charge in [0, 0.05) is 13.0 Å². The van der Waals surface area contributed by atoms with Gasteiger partial charge in [0.15, 0.2) is 11.5 Å². The smallest absolute Gasteiger partial charge is 0.261 e. The zero-order valence-electron chi connectivity index (χ0n) is 16.7. The molecule has 0 aliphatic rings. The Balaban J connectivity index is 1.43. The van der Waals surface area contributed by atoms with E-state index in [1.807, 2.05) is 24.3 Å². The largest absolute Gasteiger partial charge is 0.493 e.